The summed E-state index contributed by atoms with van der Waals surface area (Å²) < 4.78 is 1.39. The third-order valence-corrected chi connectivity index (χ3v) is 8.38. The molecule has 6 heteroatoms. The molecule has 0 radical (unpaired) electrons. The van der Waals surface area contributed by atoms with Gasteiger partial charge >= 0.3 is 0 Å². The van der Waals surface area contributed by atoms with Crippen LogP contribution < -0.4 is 10.2 Å². The average Bonchev–Trinajstić information content (AvgIpc) is 3.34. The number of anilines is 2. The van der Waals surface area contributed by atoms with Crippen LogP contribution >= 0.6 is 11.3 Å². The SMILES string of the molecule is C[C@@H]1CN(c2cccc3sccc23)CCN1CC[C@H]1CC[C@H](Nc2ccc(C#N)cn2)CC1. The van der Waals surface area contributed by atoms with E-state index in [9.17, 15) is 0 Å². The third-order valence-electron chi connectivity index (χ3n) is 7.49. The molecule has 2 fully saturated rings. The minimum absolute atomic E-state index is 0.504. The molecule has 0 spiro atoms. The van der Waals surface area contributed by atoms with Crippen LogP contribution in [0.2, 0.25) is 0 Å². The first-order chi connectivity index (χ1) is 16.2. The van der Waals surface area contributed by atoms with Crippen molar-refractivity contribution in [3.8, 4) is 6.07 Å². The number of thiophene rings is 1. The van der Waals surface area contributed by atoms with Gasteiger partial charge in [-0.15, -0.1) is 11.3 Å². The number of hydrogen-bond donors (Lipinski definition) is 1. The molecule has 1 aliphatic heterocycles. The lowest BCUT2D eigenvalue weighted by Crippen LogP contribution is -2.52. The van der Waals surface area contributed by atoms with E-state index in [0.29, 0.717) is 17.6 Å². The van der Waals surface area contributed by atoms with E-state index in [4.69, 9.17) is 5.26 Å². The molecule has 3 aromatic rings. The fraction of sp³-hybridized carbons (Fsp3) is 0.481. The number of hydrogen-bond acceptors (Lipinski definition) is 6. The highest BCUT2D eigenvalue weighted by atomic mass is 32.1. The van der Waals surface area contributed by atoms with E-state index in [1.54, 1.807) is 6.20 Å². The normalized spacial score (nSPS) is 24.0. The van der Waals surface area contributed by atoms with Gasteiger partial charge in [0.15, 0.2) is 0 Å². The fourth-order valence-electron chi connectivity index (χ4n) is 5.50. The summed E-state index contributed by atoms with van der Waals surface area (Å²) in [5.74, 6) is 1.73. The molecule has 1 aliphatic carbocycles. The van der Waals surface area contributed by atoms with Crippen LogP contribution in [0.25, 0.3) is 10.1 Å². The Labute approximate surface area is 201 Å². The minimum atomic E-state index is 0.504. The van der Waals surface area contributed by atoms with E-state index in [0.717, 1.165) is 31.4 Å². The Balaban J connectivity index is 1.07. The zero-order valence-electron chi connectivity index (χ0n) is 19.4. The van der Waals surface area contributed by atoms with Crippen LogP contribution in [-0.4, -0.2) is 48.1 Å². The summed E-state index contributed by atoms with van der Waals surface area (Å²) in [6, 6.07) is 16.0. The van der Waals surface area contributed by atoms with Gasteiger partial charge in [-0.1, -0.05) is 6.07 Å². The van der Waals surface area contributed by atoms with Gasteiger partial charge in [0.1, 0.15) is 11.9 Å². The van der Waals surface area contributed by atoms with Gasteiger partial charge in [0.05, 0.1) is 5.56 Å². The lowest BCUT2D eigenvalue weighted by molar-refractivity contribution is 0.167. The molecule has 33 heavy (non-hydrogen) atoms. The van der Waals surface area contributed by atoms with Gasteiger partial charge in [0.2, 0.25) is 0 Å². The largest absolute Gasteiger partial charge is 0.368 e. The van der Waals surface area contributed by atoms with Gasteiger partial charge in [-0.3, -0.25) is 4.90 Å². The number of nitriles is 1. The van der Waals surface area contributed by atoms with Crippen molar-refractivity contribution in [1.82, 2.24) is 9.88 Å². The summed E-state index contributed by atoms with van der Waals surface area (Å²) in [5.41, 5.74) is 2.02. The van der Waals surface area contributed by atoms with Crippen molar-refractivity contribution in [3.63, 3.8) is 0 Å². The van der Waals surface area contributed by atoms with E-state index in [-0.39, 0.29) is 0 Å². The molecule has 1 N–H and O–H groups in total. The molecular weight excluding hydrogens is 426 g/mol. The highest BCUT2D eigenvalue weighted by Gasteiger charge is 2.27. The Morgan fingerprint density at radius 3 is 2.76 bits per heavy atom. The molecule has 172 valence electrons. The van der Waals surface area contributed by atoms with Gasteiger partial charge in [-0.2, -0.15) is 5.26 Å². The van der Waals surface area contributed by atoms with E-state index >= 15 is 0 Å². The number of nitrogens with one attached hydrogen (secondary N) is 1. The summed E-state index contributed by atoms with van der Waals surface area (Å²) in [6.45, 7) is 7.00. The topological polar surface area (TPSA) is 55.2 Å². The lowest BCUT2D eigenvalue weighted by atomic mass is 9.84. The monoisotopic (exact) mass is 459 g/mol. The van der Waals surface area contributed by atoms with Crippen molar-refractivity contribution in [3.05, 3.63) is 53.5 Å². The molecule has 0 amide bonds. The van der Waals surface area contributed by atoms with Crippen molar-refractivity contribution in [2.24, 2.45) is 5.92 Å². The molecule has 0 bridgehead atoms. The van der Waals surface area contributed by atoms with Gasteiger partial charge in [0, 0.05) is 53.7 Å². The van der Waals surface area contributed by atoms with Crippen molar-refractivity contribution < 1.29 is 0 Å². The first kappa shape index (κ1) is 22.2. The van der Waals surface area contributed by atoms with Gasteiger partial charge < -0.3 is 10.2 Å². The van der Waals surface area contributed by atoms with Crippen LogP contribution in [0, 0.1) is 17.2 Å². The zero-order valence-corrected chi connectivity index (χ0v) is 20.2. The number of aromatic nitrogens is 1. The molecule has 5 nitrogen and oxygen atoms in total. The molecule has 5 rings (SSSR count). The van der Waals surface area contributed by atoms with E-state index < -0.39 is 0 Å². The minimum Gasteiger partial charge on any atom is -0.368 e. The number of fused-ring (bicyclic) bond motifs is 1. The lowest BCUT2D eigenvalue weighted by Gasteiger charge is -2.42. The number of piperazine rings is 1. The third kappa shape index (κ3) is 5.15. The second-order valence-corrected chi connectivity index (χ2v) is 10.6. The van der Waals surface area contributed by atoms with Crippen molar-refractivity contribution >= 4 is 32.9 Å². The Hall–Kier alpha value is -2.62. The molecule has 3 heterocycles. The molecule has 0 unspecified atom stereocenters. The average molecular weight is 460 g/mol. The summed E-state index contributed by atoms with van der Waals surface area (Å²) >= 11 is 1.84. The number of rotatable bonds is 6. The second kappa shape index (κ2) is 10.1. The quantitative estimate of drug-likeness (QED) is 0.509. The molecule has 1 aromatic carbocycles. The number of benzene rings is 1. The smallest absolute Gasteiger partial charge is 0.126 e. The second-order valence-electron chi connectivity index (χ2n) is 9.64. The highest BCUT2D eigenvalue weighted by molar-refractivity contribution is 7.17. The Morgan fingerprint density at radius 2 is 2.00 bits per heavy atom. The van der Waals surface area contributed by atoms with E-state index in [1.807, 2.05) is 23.5 Å². The van der Waals surface area contributed by atoms with Gasteiger partial charge in [0.25, 0.3) is 0 Å². The number of nitrogens with zero attached hydrogens (tertiary/aromatic N) is 4. The van der Waals surface area contributed by atoms with Crippen LogP contribution in [0.15, 0.2) is 48.0 Å². The Bertz CT molecular complexity index is 1090. The standard InChI is InChI=1S/C27H33N5S/c1-20-19-32(25-3-2-4-26-24(25)12-16-33-26)15-14-31(20)13-11-21-5-8-23(9-6-21)30-27-10-7-22(17-28)18-29-27/h2-4,7,10,12,16,18,20-21,23H,5-6,8-9,11,13-15,19H2,1H3,(H,29,30)/t20-,21-,23-/m1/s1. The maximum atomic E-state index is 8.92. The van der Waals surface area contributed by atoms with Gasteiger partial charge in [-0.05, 0) is 87.2 Å². The van der Waals surface area contributed by atoms with Crippen molar-refractivity contribution in [2.45, 2.75) is 51.1 Å². The summed E-state index contributed by atoms with van der Waals surface area (Å²) in [5, 5.41) is 16.1. The first-order valence-electron chi connectivity index (χ1n) is 12.3. The van der Waals surface area contributed by atoms with Gasteiger partial charge in [-0.25, -0.2) is 4.98 Å². The first-order valence-corrected chi connectivity index (χ1v) is 13.2. The maximum absolute atomic E-state index is 8.92. The molecular formula is C27H33N5S. The van der Waals surface area contributed by atoms with Crippen molar-refractivity contribution in [2.75, 3.05) is 36.4 Å². The van der Waals surface area contributed by atoms with Crippen LogP contribution in [0.5, 0.6) is 0 Å². The fourth-order valence-corrected chi connectivity index (χ4v) is 6.31. The number of pyridine rings is 1. The van der Waals surface area contributed by atoms with E-state index in [2.05, 4.69) is 62.7 Å². The van der Waals surface area contributed by atoms with Crippen LogP contribution in [-0.2, 0) is 0 Å². The highest BCUT2D eigenvalue weighted by Crippen LogP contribution is 2.33. The molecule has 2 aromatic heterocycles. The molecule has 1 saturated carbocycles. The molecule has 1 saturated heterocycles. The molecule has 1 atom stereocenters. The van der Waals surface area contributed by atoms with Crippen LogP contribution in [0.4, 0.5) is 11.5 Å². The van der Waals surface area contributed by atoms with E-state index in [1.165, 1.54) is 54.4 Å². The summed E-state index contributed by atoms with van der Waals surface area (Å²) in [4.78, 5) is 9.66. The predicted molar refractivity (Wildman–Crippen MR) is 138 cm³/mol. The van der Waals surface area contributed by atoms with Crippen LogP contribution in [0.3, 0.4) is 0 Å². The molecule has 2 aliphatic rings. The summed E-state index contributed by atoms with van der Waals surface area (Å²) in [7, 11) is 0. The van der Waals surface area contributed by atoms with Crippen molar-refractivity contribution in [1.29, 1.82) is 5.26 Å². The summed E-state index contributed by atoms with van der Waals surface area (Å²) in [6.07, 6.45) is 7.97. The predicted octanol–water partition coefficient (Wildman–Crippen LogP) is 5.74. The van der Waals surface area contributed by atoms with Crippen LogP contribution in [0.1, 0.15) is 44.6 Å². The Kier molecular flexibility index (Phi) is 6.80. The zero-order chi connectivity index (χ0) is 22.6. The Morgan fingerprint density at radius 1 is 1.12 bits per heavy atom. The maximum Gasteiger partial charge on any atom is 0.126 e.